The number of nitrogens with zero attached hydrogens (tertiary/aromatic N) is 2. The number of likely N-dealkylation sites (tertiary alicyclic amines) is 2. The van der Waals surface area contributed by atoms with Gasteiger partial charge in [-0.1, -0.05) is 42.0 Å². The Labute approximate surface area is 159 Å². The summed E-state index contributed by atoms with van der Waals surface area (Å²) in [5.41, 5.74) is 5.46. The molecular weight excluding hydrogens is 334 g/mol. The second-order valence-corrected chi connectivity index (χ2v) is 8.09. The van der Waals surface area contributed by atoms with Crippen molar-refractivity contribution < 1.29 is 4.79 Å². The van der Waals surface area contributed by atoms with E-state index in [0.717, 1.165) is 48.2 Å². The second-order valence-electron chi connectivity index (χ2n) is 8.09. The fourth-order valence-electron chi connectivity index (χ4n) is 4.81. The third kappa shape index (κ3) is 2.76. The van der Waals surface area contributed by atoms with Gasteiger partial charge in [-0.05, 0) is 43.5 Å². The van der Waals surface area contributed by atoms with E-state index in [1.54, 1.807) is 0 Å². The van der Waals surface area contributed by atoms with Crippen LogP contribution in [0.15, 0.2) is 48.5 Å². The molecule has 1 N–H and O–H groups in total. The summed E-state index contributed by atoms with van der Waals surface area (Å²) in [7, 11) is 0. The molecule has 2 bridgehead atoms. The minimum atomic E-state index is 0.160. The second kappa shape index (κ2) is 6.24. The Bertz CT molecular complexity index is 1010. The van der Waals surface area contributed by atoms with Gasteiger partial charge in [-0.15, -0.1) is 0 Å². The van der Waals surface area contributed by atoms with E-state index in [1.165, 1.54) is 11.1 Å². The maximum Gasteiger partial charge on any atom is 0.270 e. The fourth-order valence-corrected chi connectivity index (χ4v) is 4.81. The van der Waals surface area contributed by atoms with E-state index in [-0.39, 0.29) is 5.91 Å². The van der Waals surface area contributed by atoms with E-state index >= 15 is 0 Å². The van der Waals surface area contributed by atoms with Crippen molar-refractivity contribution in [1.29, 1.82) is 0 Å². The van der Waals surface area contributed by atoms with Crippen molar-refractivity contribution in [2.75, 3.05) is 13.1 Å². The Kier molecular flexibility index (Phi) is 3.83. The summed E-state index contributed by atoms with van der Waals surface area (Å²) in [4.78, 5) is 21.3. The average Bonchev–Trinajstić information content (AvgIpc) is 3.35. The first-order valence-electron chi connectivity index (χ1n) is 9.78. The first kappa shape index (κ1) is 16.6. The fraction of sp³-hybridized carbons (Fsp3) is 0.348. The van der Waals surface area contributed by atoms with Crippen LogP contribution in [0.4, 0.5) is 0 Å². The number of benzene rings is 2. The summed E-state index contributed by atoms with van der Waals surface area (Å²) in [5, 5.41) is 1.16. The topological polar surface area (TPSA) is 39.3 Å². The third-order valence-electron chi connectivity index (χ3n) is 6.27. The molecule has 0 radical (unpaired) electrons. The van der Waals surface area contributed by atoms with Crippen LogP contribution in [0.3, 0.4) is 0 Å². The molecule has 0 saturated carbocycles. The number of hydrogen-bond donors (Lipinski definition) is 1. The van der Waals surface area contributed by atoms with E-state index in [9.17, 15) is 4.79 Å². The maximum absolute atomic E-state index is 13.3. The number of hydrogen-bond acceptors (Lipinski definition) is 2. The van der Waals surface area contributed by atoms with Gasteiger partial charge in [-0.3, -0.25) is 9.69 Å². The number of amides is 1. The predicted molar refractivity (Wildman–Crippen MR) is 108 cm³/mol. The number of rotatable bonds is 3. The van der Waals surface area contributed by atoms with E-state index in [2.05, 4.69) is 77.2 Å². The summed E-state index contributed by atoms with van der Waals surface area (Å²) in [5.74, 6) is 0.160. The highest BCUT2D eigenvalue weighted by Gasteiger charge is 2.45. The number of aromatic amines is 1. The van der Waals surface area contributed by atoms with Crippen LogP contribution in [-0.2, 0) is 6.54 Å². The Balaban J connectivity index is 1.34. The zero-order chi connectivity index (χ0) is 18.5. The molecule has 1 amide bonds. The number of H-pyrrole nitrogens is 1. The zero-order valence-electron chi connectivity index (χ0n) is 15.9. The molecule has 0 unspecified atom stereocenters. The third-order valence-corrected chi connectivity index (χ3v) is 6.27. The number of piperazine rings is 1. The van der Waals surface area contributed by atoms with Crippen LogP contribution in [-0.4, -0.2) is 45.9 Å². The average molecular weight is 359 g/mol. The van der Waals surface area contributed by atoms with E-state index in [4.69, 9.17) is 0 Å². The van der Waals surface area contributed by atoms with Crippen LogP contribution in [0, 0.1) is 13.8 Å². The molecule has 0 spiro atoms. The minimum absolute atomic E-state index is 0.160. The minimum Gasteiger partial charge on any atom is -0.350 e. The van der Waals surface area contributed by atoms with Crippen LogP contribution in [0.5, 0.6) is 0 Å². The van der Waals surface area contributed by atoms with Crippen molar-refractivity contribution >= 4 is 16.8 Å². The molecule has 4 nitrogen and oxygen atoms in total. The molecule has 5 rings (SSSR count). The summed E-state index contributed by atoms with van der Waals surface area (Å²) >= 11 is 0. The van der Waals surface area contributed by atoms with Crippen molar-refractivity contribution in [3.05, 3.63) is 70.9 Å². The highest BCUT2D eigenvalue weighted by molar-refractivity contribution is 6.01. The molecule has 2 atom stereocenters. The molecular formula is C23H25N3O. The van der Waals surface area contributed by atoms with Crippen LogP contribution in [0.1, 0.15) is 33.6 Å². The Morgan fingerprint density at radius 1 is 1.07 bits per heavy atom. The lowest BCUT2D eigenvalue weighted by Gasteiger charge is -2.34. The van der Waals surface area contributed by atoms with Crippen LogP contribution in [0.2, 0.25) is 0 Å². The smallest absolute Gasteiger partial charge is 0.270 e. The summed E-state index contributed by atoms with van der Waals surface area (Å²) < 4.78 is 0. The van der Waals surface area contributed by atoms with Crippen LogP contribution in [0.25, 0.3) is 10.9 Å². The summed E-state index contributed by atoms with van der Waals surface area (Å²) in [6.07, 6.45) is 1.09. The molecule has 138 valence electrons. The number of fused-ring (bicyclic) bond motifs is 3. The van der Waals surface area contributed by atoms with Gasteiger partial charge in [0.05, 0.1) is 0 Å². The van der Waals surface area contributed by atoms with Crippen LogP contribution < -0.4 is 0 Å². The van der Waals surface area contributed by atoms with E-state index in [0.29, 0.717) is 12.1 Å². The van der Waals surface area contributed by atoms with Crippen molar-refractivity contribution in [3.63, 3.8) is 0 Å². The van der Waals surface area contributed by atoms with E-state index in [1.807, 2.05) is 0 Å². The Hall–Kier alpha value is -2.59. The Morgan fingerprint density at radius 2 is 1.89 bits per heavy atom. The first-order chi connectivity index (χ1) is 13.1. The van der Waals surface area contributed by atoms with Crippen molar-refractivity contribution in [3.8, 4) is 0 Å². The summed E-state index contributed by atoms with van der Waals surface area (Å²) in [6, 6.07) is 17.8. The number of nitrogens with one attached hydrogen (secondary N) is 1. The van der Waals surface area contributed by atoms with Crippen molar-refractivity contribution in [2.45, 2.75) is 38.9 Å². The number of aromatic nitrogens is 1. The lowest BCUT2D eigenvalue weighted by atomic mass is 10.1. The van der Waals surface area contributed by atoms with Gasteiger partial charge in [0.2, 0.25) is 0 Å². The largest absolute Gasteiger partial charge is 0.350 e. The van der Waals surface area contributed by atoms with Gasteiger partial charge in [0.15, 0.2) is 0 Å². The molecule has 2 aromatic carbocycles. The molecule has 3 heterocycles. The molecule has 27 heavy (non-hydrogen) atoms. The van der Waals surface area contributed by atoms with Gasteiger partial charge in [-0.2, -0.15) is 0 Å². The molecule has 2 aliphatic heterocycles. The normalized spacial score (nSPS) is 22.1. The molecule has 2 fully saturated rings. The number of aryl methyl sites for hydroxylation is 2. The molecule has 3 aromatic rings. The van der Waals surface area contributed by atoms with E-state index < -0.39 is 0 Å². The summed E-state index contributed by atoms with van der Waals surface area (Å²) in [6.45, 7) is 6.94. The van der Waals surface area contributed by atoms with Gasteiger partial charge >= 0.3 is 0 Å². The van der Waals surface area contributed by atoms with Gasteiger partial charge in [0.1, 0.15) is 5.69 Å². The van der Waals surface area contributed by atoms with Crippen molar-refractivity contribution in [2.24, 2.45) is 0 Å². The molecule has 4 heteroatoms. The molecule has 2 saturated heterocycles. The Morgan fingerprint density at radius 3 is 2.63 bits per heavy atom. The molecule has 1 aromatic heterocycles. The highest BCUT2D eigenvalue weighted by atomic mass is 16.2. The standard InChI is InChI=1S/C23H25N3O/c1-15-8-9-21-20(10-15)16(2)22(24-21)23(27)26-14-18-11-19(26)13-25(18)12-17-6-4-3-5-7-17/h3-10,18-19,24H,11-14H2,1-2H3/t18-,19-/m0/s1. The maximum atomic E-state index is 13.3. The van der Waals surface area contributed by atoms with Gasteiger partial charge in [0.25, 0.3) is 5.91 Å². The first-order valence-corrected chi connectivity index (χ1v) is 9.78. The number of carbonyl (C=O) groups is 1. The highest BCUT2D eigenvalue weighted by Crippen LogP contribution is 2.34. The lowest BCUT2D eigenvalue weighted by Crippen LogP contribution is -2.48. The monoisotopic (exact) mass is 359 g/mol. The van der Waals surface area contributed by atoms with Crippen LogP contribution >= 0.6 is 0 Å². The van der Waals surface area contributed by atoms with Gasteiger partial charge < -0.3 is 9.88 Å². The van der Waals surface area contributed by atoms with Crippen molar-refractivity contribution in [1.82, 2.24) is 14.8 Å². The lowest BCUT2D eigenvalue weighted by molar-refractivity contribution is 0.0610. The van der Waals surface area contributed by atoms with Gasteiger partial charge in [-0.25, -0.2) is 0 Å². The molecule has 0 aliphatic carbocycles. The van der Waals surface area contributed by atoms with Gasteiger partial charge in [0, 0.05) is 42.6 Å². The molecule has 2 aliphatic rings. The SMILES string of the molecule is Cc1ccc2[nH]c(C(=O)N3C[C@@H]4C[C@H]3CN4Cc3ccccc3)c(C)c2c1. The zero-order valence-corrected chi connectivity index (χ0v) is 15.9. The predicted octanol–water partition coefficient (Wildman–Crippen LogP) is 3.88. The number of carbonyl (C=O) groups excluding carboxylic acids is 1. The quantitative estimate of drug-likeness (QED) is 0.771.